The van der Waals surface area contributed by atoms with Crippen LogP contribution in [0.15, 0.2) is 22.8 Å². The number of rotatable bonds is 2. The number of benzene rings is 1. The van der Waals surface area contributed by atoms with Crippen molar-refractivity contribution in [2.24, 2.45) is 5.92 Å². The van der Waals surface area contributed by atoms with E-state index >= 15 is 0 Å². The van der Waals surface area contributed by atoms with Crippen molar-refractivity contribution < 1.29 is 9.84 Å². The zero-order valence-corrected chi connectivity index (χ0v) is 14.2. The van der Waals surface area contributed by atoms with Gasteiger partial charge in [-0.15, -0.1) is 0 Å². The molecule has 0 spiro atoms. The van der Waals surface area contributed by atoms with Gasteiger partial charge in [-0.2, -0.15) is 5.10 Å². The number of aliphatic hydroxyl groups is 1. The zero-order chi connectivity index (χ0) is 15.2. The van der Waals surface area contributed by atoms with Gasteiger partial charge in [0.1, 0.15) is 5.75 Å². The quantitative estimate of drug-likeness (QED) is 0.890. The molecule has 1 fully saturated rings. The van der Waals surface area contributed by atoms with Crippen LogP contribution in [-0.4, -0.2) is 27.6 Å². The normalized spacial score (nSPS) is 29.8. The molecule has 0 radical (unpaired) electrons. The Morgan fingerprint density at radius 2 is 2.24 bits per heavy atom. The smallest absolute Gasteiger partial charge is 0.135 e. The van der Waals surface area contributed by atoms with E-state index in [4.69, 9.17) is 9.84 Å². The lowest BCUT2D eigenvalue weighted by molar-refractivity contribution is -0.0145. The largest absolute Gasteiger partial charge is 0.495 e. The Labute approximate surface area is 133 Å². The molecular weight excluding hydrogens is 332 g/mol. The first-order chi connectivity index (χ1) is 9.89. The van der Waals surface area contributed by atoms with Crippen LogP contribution in [0.2, 0.25) is 0 Å². The Kier molecular flexibility index (Phi) is 3.74. The van der Waals surface area contributed by atoms with Gasteiger partial charge in [0.05, 0.1) is 28.7 Å². The molecule has 0 bridgehead atoms. The highest BCUT2D eigenvalue weighted by molar-refractivity contribution is 9.10. The fourth-order valence-corrected chi connectivity index (χ4v) is 3.96. The topological polar surface area (TPSA) is 47.3 Å². The standard InChI is InChI=1S/C16H21BrN2O2/c1-10-8-16(2,20)5-4-14(10)19-9-11-6-12(17)15(21-3)7-13(11)18-19/h6-7,9-10,14,20H,4-5,8H2,1-3H3. The van der Waals surface area contributed by atoms with Gasteiger partial charge in [-0.1, -0.05) is 6.92 Å². The Balaban J connectivity index is 1.94. The van der Waals surface area contributed by atoms with Gasteiger partial charge in [0.25, 0.3) is 0 Å². The molecule has 1 N–H and O–H groups in total. The molecule has 114 valence electrons. The average molecular weight is 353 g/mol. The molecule has 4 nitrogen and oxygen atoms in total. The summed E-state index contributed by atoms with van der Waals surface area (Å²) in [5, 5.41) is 16.0. The molecule has 1 saturated carbocycles. The van der Waals surface area contributed by atoms with Gasteiger partial charge in [-0.3, -0.25) is 4.68 Å². The van der Waals surface area contributed by atoms with Crippen LogP contribution in [0.1, 0.15) is 39.2 Å². The van der Waals surface area contributed by atoms with Gasteiger partial charge < -0.3 is 9.84 Å². The Hall–Kier alpha value is -1.07. The van der Waals surface area contributed by atoms with Crippen LogP contribution in [0.5, 0.6) is 5.75 Å². The van der Waals surface area contributed by atoms with Crippen molar-refractivity contribution in [3.8, 4) is 5.75 Å². The number of methoxy groups -OCH3 is 1. The maximum atomic E-state index is 10.2. The highest BCUT2D eigenvalue weighted by atomic mass is 79.9. The fourth-order valence-electron chi connectivity index (χ4n) is 3.44. The van der Waals surface area contributed by atoms with Crippen LogP contribution < -0.4 is 4.74 Å². The average Bonchev–Trinajstić information content (AvgIpc) is 2.78. The molecule has 2 aromatic rings. The van der Waals surface area contributed by atoms with Crippen molar-refractivity contribution in [2.45, 2.75) is 44.8 Å². The first kappa shape index (κ1) is 14.9. The number of aromatic nitrogens is 2. The molecule has 0 saturated heterocycles. The first-order valence-electron chi connectivity index (χ1n) is 7.34. The third kappa shape index (κ3) is 2.81. The summed E-state index contributed by atoms with van der Waals surface area (Å²) in [5.41, 5.74) is 0.411. The van der Waals surface area contributed by atoms with E-state index in [0.717, 1.165) is 40.4 Å². The van der Waals surface area contributed by atoms with E-state index in [-0.39, 0.29) is 0 Å². The molecule has 5 heteroatoms. The molecule has 21 heavy (non-hydrogen) atoms. The Morgan fingerprint density at radius 1 is 1.48 bits per heavy atom. The van der Waals surface area contributed by atoms with Crippen LogP contribution in [0, 0.1) is 5.92 Å². The molecule has 1 heterocycles. The van der Waals surface area contributed by atoms with E-state index in [1.54, 1.807) is 7.11 Å². The third-order valence-electron chi connectivity index (χ3n) is 4.53. The van der Waals surface area contributed by atoms with Gasteiger partial charge in [0.15, 0.2) is 0 Å². The van der Waals surface area contributed by atoms with E-state index in [1.807, 2.05) is 19.1 Å². The van der Waals surface area contributed by atoms with Crippen molar-refractivity contribution in [1.29, 1.82) is 0 Å². The second-order valence-corrected chi connectivity index (χ2v) is 7.29. The molecule has 1 aliphatic rings. The molecule has 1 aromatic heterocycles. The molecule has 1 aliphatic carbocycles. The number of hydrogen-bond donors (Lipinski definition) is 1. The van der Waals surface area contributed by atoms with E-state index < -0.39 is 5.60 Å². The summed E-state index contributed by atoms with van der Waals surface area (Å²) in [6, 6.07) is 4.35. The predicted molar refractivity (Wildman–Crippen MR) is 86.7 cm³/mol. The van der Waals surface area contributed by atoms with Gasteiger partial charge in [-0.25, -0.2) is 0 Å². The van der Waals surface area contributed by atoms with Crippen molar-refractivity contribution >= 4 is 26.8 Å². The summed E-state index contributed by atoms with van der Waals surface area (Å²) in [4.78, 5) is 0. The van der Waals surface area contributed by atoms with Crippen molar-refractivity contribution in [3.05, 3.63) is 22.8 Å². The summed E-state index contributed by atoms with van der Waals surface area (Å²) >= 11 is 3.51. The lowest BCUT2D eigenvalue weighted by Gasteiger charge is -2.38. The highest BCUT2D eigenvalue weighted by Gasteiger charge is 2.35. The summed E-state index contributed by atoms with van der Waals surface area (Å²) in [6.45, 7) is 4.13. The van der Waals surface area contributed by atoms with E-state index in [1.165, 1.54) is 0 Å². The van der Waals surface area contributed by atoms with Crippen LogP contribution in [-0.2, 0) is 0 Å². The second-order valence-electron chi connectivity index (χ2n) is 6.44. The minimum Gasteiger partial charge on any atom is -0.495 e. The first-order valence-corrected chi connectivity index (χ1v) is 8.14. The Bertz CT molecular complexity index is 666. The monoisotopic (exact) mass is 352 g/mol. The lowest BCUT2D eigenvalue weighted by Crippen LogP contribution is -2.36. The maximum absolute atomic E-state index is 10.2. The van der Waals surface area contributed by atoms with Gasteiger partial charge in [-0.05, 0) is 54.1 Å². The molecule has 0 amide bonds. The molecule has 3 unspecified atom stereocenters. The molecule has 3 rings (SSSR count). The predicted octanol–water partition coefficient (Wildman–Crippen LogP) is 3.92. The lowest BCUT2D eigenvalue weighted by atomic mass is 9.77. The fraction of sp³-hybridized carbons (Fsp3) is 0.562. The van der Waals surface area contributed by atoms with Crippen molar-refractivity contribution in [2.75, 3.05) is 7.11 Å². The van der Waals surface area contributed by atoms with Crippen LogP contribution in [0.25, 0.3) is 10.9 Å². The van der Waals surface area contributed by atoms with Gasteiger partial charge in [0, 0.05) is 17.6 Å². The molecular formula is C16H21BrN2O2. The van der Waals surface area contributed by atoms with Crippen molar-refractivity contribution in [3.63, 3.8) is 0 Å². The molecule has 3 atom stereocenters. The van der Waals surface area contributed by atoms with Gasteiger partial charge >= 0.3 is 0 Å². The third-order valence-corrected chi connectivity index (χ3v) is 5.15. The number of ether oxygens (including phenoxy) is 1. The van der Waals surface area contributed by atoms with Crippen molar-refractivity contribution in [1.82, 2.24) is 9.78 Å². The molecule has 1 aromatic carbocycles. The number of fused-ring (bicyclic) bond motifs is 1. The summed E-state index contributed by atoms with van der Waals surface area (Å²) in [6.07, 6.45) is 4.70. The zero-order valence-electron chi connectivity index (χ0n) is 12.6. The van der Waals surface area contributed by atoms with E-state index in [9.17, 15) is 5.11 Å². The number of halogens is 1. The SMILES string of the molecule is COc1cc2nn(C3CCC(C)(O)CC3C)cc2cc1Br. The van der Waals surface area contributed by atoms with E-state index in [2.05, 4.69) is 33.7 Å². The highest BCUT2D eigenvalue weighted by Crippen LogP contribution is 2.39. The second kappa shape index (κ2) is 5.29. The van der Waals surface area contributed by atoms with Crippen LogP contribution in [0.4, 0.5) is 0 Å². The maximum Gasteiger partial charge on any atom is 0.135 e. The minimum atomic E-state index is -0.533. The van der Waals surface area contributed by atoms with Gasteiger partial charge in [0.2, 0.25) is 0 Å². The van der Waals surface area contributed by atoms with Crippen LogP contribution >= 0.6 is 15.9 Å². The minimum absolute atomic E-state index is 0.349. The number of nitrogens with zero attached hydrogens (tertiary/aromatic N) is 2. The molecule has 0 aliphatic heterocycles. The summed E-state index contributed by atoms with van der Waals surface area (Å²) in [5.74, 6) is 1.21. The summed E-state index contributed by atoms with van der Waals surface area (Å²) < 4.78 is 8.33. The Morgan fingerprint density at radius 3 is 2.90 bits per heavy atom. The summed E-state index contributed by atoms with van der Waals surface area (Å²) in [7, 11) is 1.66. The van der Waals surface area contributed by atoms with E-state index in [0.29, 0.717) is 12.0 Å². The van der Waals surface area contributed by atoms with Crippen LogP contribution in [0.3, 0.4) is 0 Å². The number of hydrogen-bond acceptors (Lipinski definition) is 3.